The molecule has 0 unspecified atom stereocenters. The van der Waals surface area contributed by atoms with Gasteiger partial charge < -0.3 is 5.32 Å². The third-order valence-electron chi connectivity index (χ3n) is 3.32. The molecule has 30 heavy (non-hydrogen) atoms. The van der Waals surface area contributed by atoms with Crippen molar-refractivity contribution >= 4 is 7.81 Å². The van der Waals surface area contributed by atoms with Gasteiger partial charge in [0.2, 0.25) is 0 Å². The zero-order valence-corrected chi connectivity index (χ0v) is 15.5. The first-order chi connectivity index (χ1) is 13.1. The van der Waals surface area contributed by atoms with Crippen LogP contribution in [-0.2, 0) is 25.4 Å². The second-order valence-corrected chi connectivity index (χ2v) is 7.96. The van der Waals surface area contributed by atoms with Gasteiger partial charge in [0, 0.05) is 11.1 Å². The van der Waals surface area contributed by atoms with E-state index in [4.69, 9.17) is 0 Å². The molecule has 0 bridgehead atoms. The Morgan fingerprint density at radius 1 is 0.533 bits per heavy atom. The van der Waals surface area contributed by atoms with Crippen LogP contribution in [0.1, 0.15) is 22.3 Å². The molecule has 0 saturated heterocycles. The van der Waals surface area contributed by atoms with Gasteiger partial charge in [-0.1, -0.05) is 24.3 Å². The van der Waals surface area contributed by atoms with Crippen LogP contribution in [0.3, 0.4) is 0 Å². The normalized spacial score (nSPS) is 14.9. The minimum absolute atomic E-state index is 0.444. The van der Waals surface area contributed by atoms with Crippen LogP contribution >= 0.6 is 7.81 Å². The second kappa shape index (κ2) is 7.92. The van der Waals surface area contributed by atoms with Crippen molar-refractivity contribution in [2.75, 3.05) is 0 Å². The predicted molar refractivity (Wildman–Crippen MR) is 85.8 cm³/mol. The number of hydrogen-bond donors (Lipinski definition) is 1. The Morgan fingerprint density at radius 3 is 0.967 bits per heavy atom. The molecule has 172 valence electrons. The van der Waals surface area contributed by atoms with E-state index >= 15 is 0 Å². The van der Waals surface area contributed by atoms with E-state index < -0.39 is 31.3 Å². The summed E-state index contributed by atoms with van der Waals surface area (Å²) in [5, 5.41) is 1.81. The van der Waals surface area contributed by atoms with Crippen molar-refractivity contribution < 1.29 is 56.8 Å². The molecule has 0 spiro atoms. The van der Waals surface area contributed by atoms with Gasteiger partial charge in [-0.15, -0.1) is 0 Å². The minimum atomic E-state index is -10.7. The summed E-state index contributed by atoms with van der Waals surface area (Å²) in [5.41, 5.74) is 0.0165. The molecular weight excluding hydrogens is 465 g/mol. The quantitative estimate of drug-likeness (QED) is 0.349. The van der Waals surface area contributed by atoms with Gasteiger partial charge in [0.15, 0.2) is 0 Å². The topological polar surface area (TPSA) is 16.6 Å². The zero-order chi connectivity index (χ0) is 23.5. The molecule has 0 saturated carbocycles. The van der Waals surface area contributed by atoms with Crippen LogP contribution in [0.25, 0.3) is 0 Å². The maximum absolute atomic E-state index is 12.4. The Bertz CT molecular complexity index is 750. The van der Waals surface area contributed by atoms with E-state index in [0.29, 0.717) is 24.2 Å². The van der Waals surface area contributed by atoms with Gasteiger partial charge in [-0.2, -0.15) is 26.3 Å². The summed E-state index contributed by atoms with van der Waals surface area (Å²) < 4.78 is 134. The van der Waals surface area contributed by atoms with E-state index in [1.807, 2.05) is 5.32 Å². The molecule has 0 amide bonds. The van der Waals surface area contributed by atoms with E-state index in [1.54, 1.807) is 0 Å². The van der Waals surface area contributed by atoms with Crippen LogP contribution in [0.15, 0.2) is 48.5 Å². The van der Waals surface area contributed by atoms with E-state index in [-0.39, 0.29) is 0 Å². The molecular formula is C16H14F12NP. The number of alkyl halides is 6. The van der Waals surface area contributed by atoms with E-state index in [9.17, 15) is 51.5 Å². The van der Waals surface area contributed by atoms with E-state index in [0.717, 1.165) is 24.3 Å². The summed E-state index contributed by atoms with van der Waals surface area (Å²) in [4.78, 5) is 0. The molecule has 0 atom stereocenters. The maximum atomic E-state index is 12.4. The molecule has 0 fully saturated rings. The molecule has 0 aliphatic rings. The Balaban J connectivity index is 0.000000553. The number of halogens is 12. The third-order valence-corrected chi connectivity index (χ3v) is 3.32. The van der Waals surface area contributed by atoms with Crippen LogP contribution in [0.2, 0.25) is 0 Å². The summed E-state index contributed by atoms with van der Waals surface area (Å²) in [7, 11) is -10.7. The Labute approximate surface area is 161 Å². The summed E-state index contributed by atoms with van der Waals surface area (Å²) in [6.45, 7) is 0.887. The molecule has 0 radical (unpaired) electrons. The molecule has 2 aromatic carbocycles. The van der Waals surface area contributed by atoms with Crippen LogP contribution in [0, 0.1) is 0 Å². The first-order valence-corrected chi connectivity index (χ1v) is 9.84. The van der Waals surface area contributed by atoms with Crippen molar-refractivity contribution in [2.45, 2.75) is 25.4 Å². The average Bonchev–Trinajstić information content (AvgIpc) is 2.51. The van der Waals surface area contributed by atoms with Gasteiger partial charge in [-0.3, -0.25) is 0 Å². The number of nitrogens with two attached hydrogens (primary N) is 1. The average molecular weight is 479 g/mol. The number of rotatable bonds is 4. The molecule has 0 aliphatic carbocycles. The molecule has 2 aromatic rings. The van der Waals surface area contributed by atoms with Crippen LogP contribution in [0.4, 0.5) is 51.5 Å². The second-order valence-electron chi connectivity index (χ2n) is 6.04. The van der Waals surface area contributed by atoms with Gasteiger partial charge in [0.25, 0.3) is 0 Å². The fourth-order valence-corrected chi connectivity index (χ4v) is 2.07. The number of benzene rings is 2. The van der Waals surface area contributed by atoms with Crippen molar-refractivity contribution in [3.05, 3.63) is 70.8 Å². The van der Waals surface area contributed by atoms with Gasteiger partial charge in [0.05, 0.1) is 11.1 Å². The SMILES string of the molecule is FC(F)(F)c1ccc(C[NH2+]Cc2ccc(C(F)(F)F)cc2)cc1.F[P-](F)(F)(F)(F)F. The Hall–Kier alpha value is -2.01. The molecule has 0 heterocycles. The first kappa shape index (κ1) is 26.0. The van der Waals surface area contributed by atoms with E-state index in [2.05, 4.69) is 0 Å². The Kier molecular flexibility index (Phi) is 6.87. The monoisotopic (exact) mass is 479 g/mol. The number of quaternary nitrogens is 1. The molecule has 14 heteroatoms. The fourth-order valence-electron chi connectivity index (χ4n) is 2.07. The van der Waals surface area contributed by atoms with Crippen molar-refractivity contribution in [1.82, 2.24) is 0 Å². The van der Waals surface area contributed by atoms with Gasteiger partial charge in [0.1, 0.15) is 13.1 Å². The van der Waals surface area contributed by atoms with Crippen LogP contribution < -0.4 is 5.32 Å². The predicted octanol–water partition coefficient (Wildman–Crippen LogP) is 7.37. The molecule has 0 aliphatic heterocycles. The van der Waals surface area contributed by atoms with Gasteiger partial charge in [-0.05, 0) is 24.3 Å². The van der Waals surface area contributed by atoms with Crippen molar-refractivity contribution in [3.8, 4) is 0 Å². The van der Waals surface area contributed by atoms with Crippen molar-refractivity contribution in [1.29, 1.82) is 0 Å². The summed E-state index contributed by atoms with van der Waals surface area (Å²) >= 11 is 0. The zero-order valence-electron chi connectivity index (χ0n) is 14.6. The summed E-state index contributed by atoms with van der Waals surface area (Å²) in [6.07, 6.45) is -8.72. The van der Waals surface area contributed by atoms with Crippen LogP contribution in [0.5, 0.6) is 0 Å². The van der Waals surface area contributed by atoms with Gasteiger partial charge in [-0.25, -0.2) is 0 Å². The molecule has 0 aromatic heterocycles. The fraction of sp³-hybridized carbons (Fsp3) is 0.250. The molecule has 2 rings (SSSR count). The van der Waals surface area contributed by atoms with Gasteiger partial charge >= 0.3 is 45.3 Å². The summed E-state index contributed by atoms with van der Waals surface area (Å²) in [5.74, 6) is 0. The standard InChI is InChI=1S/C16H13F6N.F6P/c17-15(18,19)13-5-1-11(2-6-13)9-23-10-12-3-7-14(8-4-12)16(20,21)22;1-7(2,3,4,5)6/h1-8,23H,9-10H2;/q;-1/p+1. The summed E-state index contributed by atoms with van der Waals surface area (Å²) in [6, 6.07) is 9.64. The molecule has 1 nitrogen and oxygen atoms in total. The third kappa shape index (κ3) is 12.5. The first-order valence-electron chi connectivity index (χ1n) is 7.81. The van der Waals surface area contributed by atoms with Crippen LogP contribution in [-0.4, -0.2) is 0 Å². The number of hydrogen-bond acceptors (Lipinski definition) is 0. The van der Waals surface area contributed by atoms with E-state index in [1.165, 1.54) is 24.3 Å². The van der Waals surface area contributed by atoms with Crippen molar-refractivity contribution in [3.63, 3.8) is 0 Å². The molecule has 2 N–H and O–H groups in total. The Morgan fingerprint density at radius 2 is 0.767 bits per heavy atom. The van der Waals surface area contributed by atoms with Crippen molar-refractivity contribution in [2.24, 2.45) is 0 Å².